The maximum Gasteiger partial charge on any atom is 0.267 e. The van der Waals surface area contributed by atoms with Crippen molar-refractivity contribution in [1.29, 1.82) is 0 Å². The van der Waals surface area contributed by atoms with Gasteiger partial charge in [0, 0.05) is 5.56 Å². The van der Waals surface area contributed by atoms with Crippen molar-refractivity contribution in [2.24, 2.45) is 5.73 Å². The topological polar surface area (TPSA) is 55.1 Å². The Bertz CT molecular complexity index is 740. The van der Waals surface area contributed by atoms with Crippen LogP contribution in [0.25, 0.3) is 0 Å². The first-order chi connectivity index (χ1) is 10.0. The van der Waals surface area contributed by atoms with Gasteiger partial charge in [-0.2, -0.15) is 0 Å². The molecule has 0 bridgehead atoms. The van der Waals surface area contributed by atoms with Gasteiger partial charge in [-0.1, -0.05) is 29.5 Å². The van der Waals surface area contributed by atoms with Crippen LogP contribution in [0.15, 0.2) is 23.6 Å². The summed E-state index contributed by atoms with van der Waals surface area (Å²) in [4.78, 5) is 12.8. The molecule has 21 heavy (non-hydrogen) atoms. The summed E-state index contributed by atoms with van der Waals surface area (Å²) in [6.07, 6.45) is 0. The molecule has 1 aromatic carbocycles. The molecule has 0 fully saturated rings. The van der Waals surface area contributed by atoms with Gasteiger partial charge in [0.05, 0.1) is 17.3 Å². The molecular formula is C16H15ClN2OS. The minimum atomic E-state index is -0.224. The molecule has 0 radical (unpaired) electrons. The lowest BCUT2D eigenvalue weighted by Gasteiger charge is -2.08. The molecule has 0 aliphatic heterocycles. The summed E-state index contributed by atoms with van der Waals surface area (Å²) in [5, 5.41) is 5.22. The average molecular weight is 319 g/mol. The molecule has 0 unspecified atom stereocenters. The van der Waals surface area contributed by atoms with Crippen LogP contribution in [0.1, 0.15) is 26.4 Å². The third-order valence-electron chi connectivity index (χ3n) is 2.85. The van der Waals surface area contributed by atoms with Crippen LogP contribution in [0.4, 0.5) is 5.69 Å². The van der Waals surface area contributed by atoms with Crippen LogP contribution in [0.3, 0.4) is 0 Å². The van der Waals surface area contributed by atoms with Gasteiger partial charge in [0.2, 0.25) is 0 Å². The summed E-state index contributed by atoms with van der Waals surface area (Å²) in [6, 6.07) is 5.67. The van der Waals surface area contributed by atoms with Crippen LogP contribution in [0, 0.1) is 25.7 Å². The van der Waals surface area contributed by atoms with Crippen LogP contribution in [0.2, 0.25) is 5.02 Å². The normalized spacial score (nSPS) is 9.90. The number of nitrogens with two attached hydrogens (primary N) is 1. The number of thiophene rings is 1. The zero-order valence-corrected chi connectivity index (χ0v) is 13.4. The molecule has 0 saturated carbocycles. The first kappa shape index (κ1) is 15.6. The Morgan fingerprint density at radius 2 is 2.19 bits per heavy atom. The Labute approximate surface area is 133 Å². The highest BCUT2D eigenvalue weighted by molar-refractivity contribution is 7.13. The Morgan fingerprint density at radius 1 is 1.43 bits per heavy atom. The van der Waals surface area contributed by atoms with Gasteiger partial charge >= 0.3 is 0 Å². The Balaban J connectivity index is 2.31. The lowest BCUT2D eigenvalue weighted by Crippen LogP contribution is -2.12. The number of rotatable bonds is 2. The Morgan fingerprint density at radius 3 is 2.81 bits per heavy atom. The molecular weight excluding hydrogens is 304 g/mol. The number of benzene rings is 1. The smallest absolute Gasteiger partial charge is 0.267 e. The van der Waals surface area contributed by atoms with Gasteiger partial charge in [-0.25, -0.2) is 0 Å². The van der Waals surface area contributed by atoms with Crippen molar-refractivity contribution < 1.29 is 4.79 Å². The van der Waals surface area contributed by atoms with Crippen molar-refractivity contribution in [3.05, 3.63) is 50.2 Å². The number of anilines is 1. The first-order valence-electron chi connectivity index (χ1n) is 6.37. The predicted octanol–water partition coefficient (Wildman–Crippen LogP) is 3.58. The van der Waals surface area contributed by atoms with Gasteiger partial charge in [0.15, 0.2) is 0 Å². The predicted molar refractivity (Wildman–Crippen MR) is 89.1 cm³/mol. The largest absolute Gasteiger partial charge is 0.320 e. The maximum atomic E-state index is 12.3. The fraction of sp³-hybridized carbons (Fsp3) is 0.188. The lowest BCUT2D eigenvalue weighted by atomic mass is 10.1. The van der Waals surface area contributed by atoms with E-state index < -0.39 is 0 Å². The van der Waals surface area contributed by atoms with E-state index in [0.717, 1.165) is 16.7 Å². The van der Waals surface area contributed by atoms with Crippen molar-refractivity contribution >= 4 is 34.5 Å². The zero-order chi connectivity index (χ0) is 15.4. The highest BCUT2D eigenvalue weighted by Crippen LogP contribution is 2.28. The first-order valence-corrected chi connectivity index (χ1v) is 7.63. The number of amides is 1. The standard InChI is InChI=1S/C16H15ClN2OS/c1-10-5-6-13(12(8-10)4-3-7-18)19-16(20)15-14(17)11(2)9-21-15/h5-6,8-9H,7,18H2,1-2H3,(H,19,20). The molecule has 2 aromatic rings. The van der Waals surface area contributed by atoms with Crippen molar-refractivity contribution in [3.63, 3.8) is 0 Å². The summed E-state index contributed by atoms with van der Waals surface area (Å²) in [5.74, 6) is 5.55. The summed E-state index contributed by atoms with van der Waals surface area (Å²) < 4.78 is 0. The minimum Gasteiger partial charge on any atom is -0.320 e. The monoisotopic (exact) mass is 318 g/mol. The van der Waals surface area contributed by atoms with E-state index >= 15 is 0 Å². The van der Waals surface area contributed by atoms with Crippen molar-refractivity contribution in [3.8, 4) is 11.8 Å². The molecule has 3 nitrogen and oxygen atoms in total. The lowest BCUT2D eigenvalue weighted by molar-refractivity contribution is 0.103. The SMILES string of the molecule is Cc1ccc(NC(=O)c2scc(C)c2Cl)c(C#CCN)c1. The van der Waals surface area contributed by atoms with Crippen LogP contribution in [-0.2, 0) is 0 Å². The molecule has 1 heterocycles. The van der Waals surface area contributed by atoms with E-state index in [0.29, 0.717) is 15.6 Å². The number of halogens is 1. The number of hydrogen-bond acceptors (Lipinski definition) is 3. The number of aryl methyl sites for hydroxylation is 2. The van der Waals surface area contributed by atoms with E-state index in [4.69, 9.17) is 17.3 Å². The Hall–Kier alpha value is -1.80. The van der Waals surface area contributed by atoms with E-state index in [1.54, 1.807) is 0 Å². The average Bonchev–Trinajstić information content (AvgIpc) is 2.79. The molecule has 0 aliphatic carbocycles. The van der Waals surface area contributed by atoms with Gasteiger partial charge in [-0.05, 0) is 42.5 Å². The van der Waals surface area contributed by atoms with Crippen LogP contribution in [0.5, 0.6) is 0 Å². The third kappa shape index (κ3) is 3.64. The van der Waals surface area contributed by atoms with Crippen LogP contribution >= 0.6 is 22.9 Å². The van der Waals surface area contributed by atoms with Gasteiger partial charge in [-0.15, -0.1) is 11.3 Å². The van der Waals surface area contributed by atoms with Crippen molar-refractivity contribution in [2.45, 2.75) is 13.8 Å². The summed E-state index contributed by atoms with van der Waals surface area (Å²) >= 11 is 7.45. The molecule has 1 amide bonds. The molecule has 1 aromatic heterocycles. The van der Waals surface area contributed by atoms with E-state index in [9.17, 15) is 4.79 Å². The molecule has 0 spiro atoms. The van der Waals surface area contributed by atoms with Crippen molar-refractivity contribution in [1.82, 2.24) is 0 Å². The highest BCUT2D eigenvalue weighted by atomic mass is 35.5. The molecule has 2 rings (SSSR count). The number of hydrogen-bond donors (Lipinski definition) is 2. The molecule has 0 saturated heterocycles. The fourth-order valence-corrected chi connectivity index (χ4v) is 2.95. The molecule has 0 aliphatic rings. The summed E-state index contributed by atoms with van der Waals surface area (Å²) in [7, 11) is 0. The fourth-order valence-electron chi connectivity index (χ4n) is 1.78. The second-order valence-corrected chi connectivity index (χ2v) is 5.83. The number of carbonyl (C=O) groups excluding carboxylic acids is 1. The van der Waals surface area contributed by atoms with E-state index in [2.05, 4.69) is 17.2 Å². The second kappa shape index (κ2) is 6.77. The maximum absolute atomic E-state index is 12.3. The van der Waals surface area contributed by atoms with E-state index in [1.807, 2.05) is 37.4 Å². The molecule has 5 heteroatoms. The van der Waals surface area contributed by atoms with Crippen LogP contribution in [-0.4, -0.2) is 12.5 Å². The van der Waals surface area contributed by atoms with Crippen molar-refractivity contribution in [2.75, 3.05) is 11.9 Å². The molecule has 0 atom stereocenters. The van der Waals surface area contributed by atoms with E-state index in [1.165, 1.54) is 11.3 Å². The minimum absolute atomic E-state index is 0.224. The number of nitrogens with one attached hydrogen (secondary N) is 1. The summed E-state index contributed by atoms with van der Waals surface area (Å²) in [5.41, 5.74) is 8.78. The highest BCUT2D eigenvalue weighted by Gasteiger charge is 2.15. The zero-order valence-electron chi connectivity index (χ0n) is 11.8. The third-order valence-corrected chi connectivity index (χ3v) is 4.55. The van der Waals surface area contributed by atoms with Gasteiger partial charge < -0.3 is 11.1 Å². The molecule has 3 N–H and O–H groups in total. The molecule has 108 valence electrons. The van der Waals surface area contributed by atoms with Gasteiger partial charge in [-0.3, -0.25) is 4.79 Å². The van der Waals surface area contributed by atoms with Gasteiger partial charge in [0.25, 0.3) is 5.91 Å². The van der Waals surface area contributed by atoms with E-state index in [-0.39, 0.29) is 12.5 Å². The second-order valence-electron chi connectivity index (χ2n) is 4.57. The number of carbonyl (C=O) groups is 1. The Kier molecular flexibility index (Phi) is 5.03. The van der Waals surface area contributed by atoms with Crippen LogP contribution < -0.4 is 11.1 Å². The quantitative estimate of drug-likeness (QED) is 0.832. The summed E-state index contributed by atoms with van der Waals surface area (Å²) in [6.45, 7) is 4.12. The van der Waals surface area contributed by atoms with Gasteiger partial charge in [0.1, 0.15) is 4.88 Å².